The summed E-state index contributed by atoms with van der Waals surface area (Å²) < 4.78 is 5.26. The Balaban J connectivity index is 1.95. The van der Waals surface area contributed by atoms with Crippen LogP contribution in [0.25, 0.3) is 10.7 Å². The van der Waals surface area contributed by atoms with Gasteiger partial charge in [0.1, 0.15) is 5.01 Å². The first-order chi connectivity index (χ1) is 11.6. The molecular formula is C17H23N3O3S. The lowest BCUT2D eigenvalue weighted by atomic mass is 10.2. The van der Waals surface area contributed by atoms with E-state index in [0.29, 0.717) is 19.8 Å². The van der Waals surface area contributed by atoms with Gasteiger partial charge in [0.25, 0.3) is 0 Å². The third-order valence-electron chi connectivity index (χ3n) is 3.42. The number of nitrogens with zero attached hydrogens (tertiary/aromatic N) is 3. The molecule has 2 aromatic rings. The molecule has 0 saturated carbocycles. The van der Waals surface area contributed by atoms with E-state index in [1.54, 1.807) is 11.1 Å². The summed E-state index contributed by atoms with van der Waals surface area (Å²) in [6.07, 6.45) is 2.00. The summed E-state index contributed by atoms with van der Waals surface area (Å²) in [4.78, 5) is 23.1. The van der Waals surface area contributed by atoms with Crippen LogP contribution < -0.4 is 0 Å². The minimum atomic E-state index is -0.00918. The van der Waals surface area contributed by atoms with Crippen molar-refractivity contribution in [3.05, 3.63) is 35.5 Å². The fourth-order valence-electron chi connectivity index (χ4n) is 2.25. The van der Waals surface area contributed by atoms with Crippen molar-refractivity contribution < 1.29 is 14.6 Å². The average Bonchev–Trinajstić information content (AvgIpc) is 3.03. The zero-order valence-corrected chi connectivity index (χ0v) is 14.8. The third-order valence-corrected chi connectivity index (χ3v) is 4.34. The monoisotopic (exact) mass is 349 g/mol. The molecule has 0 aliphatic carbocycles. The number of hydrogen-bond acceptors (Lipinski definition) is 6. The van der Waals surface area contributed by atoms with Crippen LogP contribution in [0.1, 0.15) is 19.5 Å². The first-order valence-corrected chi connectivity index (χ1v) is 8.83. The number of rotatable bonds is 9. The standard InChI is InChI=1S/C17H23N3O3S/c1-13(2)20(7-9-23-10-8-21)16(22)11-14-12-24-17(19-14)15-5-3-4-6-18-15/h3-6,12-13,21H,7-11H2,1-2H3. The van der Waals surface area contributed by atoms with Gasteiger partial charge in [0.2, 0.25) is 5.91 Å². The van der Waals surface area contributed by atoms with Gasteiger partial charge in [0, 0.05) is 24.2 Å². The summed E-state index contributed by atoms with van der Waals surface area (Å²) in [5, 5.41) is 11.4. The Morgan fingerprint density at radius 1 is 1.38 bits per heavy atom. The fourth-order valence-corrected chi connectivity index (χ4v) is 3.05. The van der Waals surface area contributed by atoms with Gasteiger partial charge in [-0.05, 0) is 26.0 Å². The Hall–Kier alpha value is -1.83. The number of thiazole rings is 1. The molecule has 0 atom stereocenters. The molecule has 7 heteroatoms. The lowest BCUT2D eigenvalue weighted by Gasteiger charge is -2.26. The van der Waals surface area contributed by atoms with Gasteiger partial charge in [-0.3, -0.25) is 9.78 Å². The van der Waals surface area contributed by atoms with E-state index in [1.165, 1.54) is 11.3 Å². The van der Waals surface area contributed by atoms with Crippen LogP contribution in [-0.4, -0.2) is 58.3 Å². The van der Waals surface area contributed by atoms with Crippen LogP contribution in [0.5, 0.6) is 0 Å². The second-order valence-electron chi connectivity index (χ2n) is 5.55. The van der Waals surface area contributed by atoms with E-state index in [2.05, 4.69) is 9.97 Å². The quantitative estimate of drug-likeness (QED) is 0.701. The van der Waals surface area contributed by atoms with E-state index in [0.717, 1.165) is 16.4 Å². The molecule has 0 aliphatic heterocycles. The Labute approximate surface area is 146 Å². The van der Waals surface area contributed by atoms with Crippen LogP contribution >= 0.6 is 11.3 Å². The van der Waals surface area contributed by atoms with E-state index in [-0.39, 0.29) is 25.0 Å². The predicted molar refractivity (Wildman–Crippen MR) is 93.8 cm³/mol. The summed E-state index contributed by atoms with van der Waals surface area (Å²) >= 11 is 1.49. The van der Waals surface area contributed by atoms with Crippen molar-refractivity contribution in [1.29, 1.82) is 0 Å². The number of carbonyl (C=O) groups excluding carboxylic acids is 1. The summed E-state index contributed by atoms with van der Waals surface area (Å²) in [6, 6.07) is 5.77. The minimum Gasteiger partial charge on any atom is -0.394 e. The molecule has 0 bridgehead atoms. The first kappa shape index (κ1) is 18.5. The van der Waals surface area contributed by atoms with Gasteiger partial charge in [-0.25, -0.2) is 4.98 Å². The lowest BCUT2D eigenvalue weighted by Crippen LogP contribution is -2.40. The molecule has 2 heterocycles. The van der Waals surface area contributed by atoms with Gasteiger partial charge in [-0.1, -0.05) is 6.07 Å². The Morgan fingerprint density at radius 3 is 2.88 bits per heavy atom. The zero-order chi connectivity index (χ0) is 17.4. The maximum Gasteiger partial charge on any atom is 0.228 e. The molecule has 1 amide bonds. The van der Waals surface area contributed by atoms with E-state index in [1.807, 2.05) is 37.4 Å². The molecule has 24 heavy (non-hydrogen) atoms. The highest BCUT2D eigenvalue weighted by Crippen LogP contribution is 2.21. The molecule has 0 unspecified atom stereocenters. The van der Waals surface area contributed by atoms with Crippen molar-refractivity contribution in [2.24, 2.45) is 0 Å². The van der Waals surface area contributed by atoms with Crippen LogP contribution in [0.3, 0.4) is 0 Å². The van der Waals surface area contributed by atoms with Crippen molar-refractivity contribution in [3.8, 4) is 10.7 Å². The van der Waals surface area contributed by atoms with Crippen molar-refractivity contribution in [2.75, 3.05) is 26.4 Å². The van der Waals surface area contributed by atoms with Crippen LogP contribution in [-0.2, 0) is 16.0 Å². The number of aromatic nitrogens is 2. The number of aliphatic hydroxyl groups is 1. The largest absolute Gasteiger partial charge is 0.394 e. The predicted octanol–water partition coefficient (Wildman–Crippen LogP) is 1.99. The number of amides is 1. The summed E-state index contributed by atoms with van der Waals surface area (Å²) in [7, 11) is 0. The van der Waals surface area contributed by atoms with Gasteiger partial charge in [0.05, 0.1) is 37.6 Å². The number of pyridine rings is 1. The van der Waals surface area contributed by atoms with E-state index in [4.69, 9.17) is 9.84 Å². The fraction of sp³-hybridized carbons (Fsp3) is 0.471. The molecule has 2 rings (SSSR count). The molecule has 1 N–H and O–H groups in total. The first-order valence-electron chi connectivity index (χ1n) is 7.95. The number of ether oxygens (including phenoxy) is 1. The summed E-state index contributed by atoms with van der Waals surface area (Å²) in [5.74, 6) is 0.0236. The zero-order valence-electron chi connectivity index (χ0n) is 14.0. The van der Waals surface area contributed by atoms with E-state index < -0.39 is 0 Å². The van der Waals surface area contributed by atoms with Crippen LogP contribution in [0.2, 0.25) is 0 Å². The van der Waals surface area contributed by atoms with Crippen molar-refractivity contribution in [1.82, 2.24) is 14.9 Å². The molecule has 0 spiro atoms. The van der Waals surface area contributed by atoms with Crippen molar-refractivity contribution in [3.63, 3.8) is 0 Å². The average molecular weight is 349 g/mol. The molecular weight excluding hydrogens is 326 g/mol. The van der Waals surface area contributed by atoms with Gasteiger partial charge in [-0.2, -0.15) is 0 Å². The molecule has 0 radical (unpaired) electrons. The summed E-state index contributed by atoms with van der Waals surface area (Å²) in [6.45, 7) is 5.16. The highest BCUT2D eigenvalue weighted by atomic mass is 32.1. The van der Waals surface area contributed by atoms with Crippen LogP contribution in [0.4, 0.5) is 0 Å². The molecule has 6 nitrogen and oxygen atoms in total. The Bertz CT molecular complexity index is 631. The SMILES string of the molecule is CC(C)N(CCOCCO)C(=O)Cc1csc(-c2ccccn2)n1. The maximum atomic E-state index is 12.5. The maximum absolute atomic E-state index is 12.5. The van der Waals surface area contributed by atoms with Gasteiger partial charge in [-0.15, -0.1) is 11.3 Å². The lowest BCUT2D eigenvalue weighted by molar-refractivity contribution is -0.133. The van der Waals surface area contributed by atoms with Gasteiger partial charge in [0.15, 0.2) is 0 Å². The number of carbonyl (C=O) groups is 1. The minimum absolute atomic E-state index is 0.00918. The molecule has 130 valence electrons. The second kappa shape index (κ2) is 9.46. The topological polar surface area (TPSA) is 75.6 Å². The summed E-state index contributed by atoms with van der Waals surface area (Å²) in [5.41, 5.74) is 1.58. The van der Waals surface area contributed by atoms with Gasteiger partial charge < -0.3 is 14.7 Å². The smallest absolute Gasteiger partial charge is 0.228 e. The second-order valence-corrected chi connectivity index (χ2v) is 6.41. The highest BCUT2D eigenvalue weighted by molar-refractivity contribution is 7.13. The molecule has 0 fully saturated rings. The molecule has 0 aromatic carbocycles. The Kier molecular flexibility index (Phi) is 7.30. The normalized spacial score (nSPS) is 11.0. The molecule has 0 aliphatic rings. The van der Waals surface area contributed by atoms with Crippen molar-refractivity contribution in [2.45, 2.75) is 26.3 Å². The third kappa shape index (κ3) is 5.36. The highest BCUT2D eigenvalue weighted by Gasteiger charge is 2.18. The van der Waals surface area contributed by atoms with Crippen LogP contribution in [0, 0.1) is 0 Å². The van der Waals surface area contributed by atoms with E-state index in [9.17, 15) is 4.79 Å². The number of aliphatic hydroxyl groups excluding tert-OH is 1. The van der Waals surface area contributed by atoms with Crippen LogP contribution in [0.15, 0.2) is 29.8 Å². The number of hydrogen-bond donors (Lipinski definition) is 1. The van der Waals surface area contributed by atoms with E-state index >= 15 is 0 Å². The molecule has 0 saturated heterocycles. The Morgan fingerprint density at radius 2 is 2.21 bits per heavy atom. The molecule has 2 aromatic heterocycles. The van der Waals surface area contributed by atoms with Crippen molar-refractivity contribution >= 4 is 17.2 Å². The van der Waals surface area contributed by atoms with Gasteiger partial charge >= 0.3 is 0 Å².